The Morgan fingerprint density at radius 2 is 1.67 bits per heavy atom. The summed E-state index contributed by atoms with van der Waals surface area (Å²) in [6, 6.07) is 12.1. The lowest BCUT2D eigenvalue weighted by Gasteiger charge is -2.29. The quantitative estimate of drug-likeness (QED) is 0.685. The van der Waals surface area contributed by atoms with Crippen molar-refractivity contribution in [3.05, 3.63) is 64.7 Å². The third kappa shape index (κ3) is 5.48. The van der Waals surface area contributed by atoms with Crippen LogP contribution in [0.15, 0.2) is 42.5 Å². The van der Waals surface area contributed by atoms with Gasteiger partial charge in [-0.2, -0.15) is 13.2 Å². The second-order valence-corrected chi connectivity index (χ2v) is 7.28. The minimum Gasteiger partial charge on any atom is -0.372 e. The number of piperidine rings is 1. The smallest absolute Gasteiger partial charge is 0.372 e. The lowest BCUT2D eigenvalue weighted by Crippen LogP contribution is -2.29. The summed E-state index contributed by atoms with van der Waals surface area (Å²) >= 11 is 0. The molecule has 0 spiro atoms. The van der Waals surface area contributed by atoms with Gasteiger partial charge in [0.15, 0.2) is 0 Å². The van der Waals surface area contributed by atoms with E-state index in [2.05, 4.69) is 35.3 Å². The highest BCUT2D eigenvalue weighted by atomic mass is 19.4. The van der Waals surface area contributed by atoms with Crippen molar-refractivity contribution in [2.75, 3.05) is 24.5 Å². The van der Waals surface area contributed by atoms with Gasteiger partial charge in [-0.3, -0.25) is 0 Å². The van der Waals surface area contributed by atoms with E-state index >= 15 is 0 Å². The van der Waals surface area contributed by atoms with Gasteiger partial charge in [0, 0.05) is 25.3 Å². The second-order valence-electron chi connectivity index (χ2n) is 7.28. The molecule has 0 radical (unpaired) electrons. The Hall–Kier alpha value is -2.01. The van der Waals surface area contributed by atoms with Gasteiger partial charge in [0.25, 0.3) is 0 Å². The first kappa shape index (κ1) is 19.7. The largest absolute Gasteiger partial charge is 0.416 e. The lowest BCUT2D eigenvalue weighted by atomic mass is 10.0. The Morgan fingerprint density at radius 3 is 2.30 bits per heavy atom. The molecular weight excluding hydrogens is 349 g/mol. The summed E-state index contributed by atoms with van der Waals surface area (Å²) in [5.74, 6) is 0. The standard InChI is InChI=1S/C22H27F3N2/c1-17-15-21(27-13-3-2-4-14-27)10-7-19(17)16-26-12-11-18-5-8-20(9-6-18)22(23,24)25/h5-10,15,26H,2-4,11-14,16H2,1H3. The van der Waals surface area contributed by atoms with Crippen LogP contribution in [0.4, 0.5) is 18.9 Å². The zero-order chi connectivity index (χ0) is 19.3. The fraction of sp³-hybridized carbons (Fsp3) is 0.455. The number of hydrogen-bond donors (Lipinski definition) is 1. The number of anilines is 1. The maximum Gasteiger partial charge on any atom is 0.416 e. The van der Waals surface area contributed by atoms with Crippen molar-refractivity contribution in [1.82, 2.24) is 5.32 Å². The van der Waals surface area contributed by atoms with E-state index in [0.717, 1.165) is 43.9 Å². The Morgan fingerprint density at radius 1 is 0.963 bits per heavy atom. The maximum atomic E-state index is 12.6. The van der Waals surface area contributed by atoms with Gasteiger partial charge in [-0.1, -0.05) is 18.2 Å². The van der Waals surface area contributed by atoms with Crippen LogP contribution in [-0.4, -0.2) is 19.6 Å². The third-order valence-electron chi connectivity index (χ3n) is 5.23. The van der Waals surface area contributed by atoms with Gasteiger partial charge < -0.3 is 10.2 Å². The van der Waals surface area contributed by atoms with E-state index in [4.69, 9.17) is 0 Å². The van der Waals surface area contributed by atoms with Crippen LogP contribution in [0.3, 0.4) is 0 Å². The van der Waals surface area contributed by atoms with E-state index in [1.807, 2.05) is 0 Å². The fourth-order valence-corrected chi connectivity index (χ4v) is 3.54. The van der Waals surface area contributed by atoms with Crippen molar-refractivity contribution < 1.29 is 13.2 Å². The molecule has 2 aromatic carbocycles. The number of halogens is 3. The first-order valence-electron chi connectivity index (χ1n) is 9.65. The molecule has 5 heteroatoms. The van der Waals surface area contributed by atoms with Crippen molar-refractivity contribution in [3.63, 3.8) is 0 Å². The Balaban J connectivity index is 1.47. The summed E-state index contributed by atoms with van der Waals surface area (Å²) < 4.78 is 37.8. The first-order valence-corrected chi connectivity index (χ1v) is 9.65. The molecule has 1 aliphatic rings. The molecule has 146 valence electrons. The molecule has 27 heavy (non-hydrogen) atoms. The van der Waals surface area contributed by atoms with Crippen molar-refractivity contribution >= 4 is 5.69 Å². The van der Waals surface area contributed by atoms with Crippen LogP contribution in [0.1, 0.15) is 41.5 Å². The SMILES string of the molecule is Cc1cc(N2CCCCC2)ccc1CNCCc1ccc(C(F)(F)F)cc1. The molecule has 0 aliphatic carbocycles. The predicted molar refractivity (Wildman–Crippen MR) is 104 cm³/mol. The van der Waals surface area contributed by atoms with Gasteiger partial charge in [0.2, 0.25) is 0 Å². The van der Waals surface area contributed by atoms with Crippen LogP contribution in [-0.2, 0) is 19.1 Å². The van der Waals surface area contributed by atoms with Crippen LogP contribution in [0.5, 0.6) is 0 Å². The molecule has 1 N–H and O–H groups in total. The molecule has 2 nitrogen and oxygen atoms in total. The average molecular weight is 376 g/mol. The Kier molecular flexibility index (Phi) is 6.42. The fourth-order valence-electron chi connectivity index (χ4n) is 3.54. The molecule has 0 aromatic heterocycles. The van der Waals surface area contributed by atoms with Crippen LogP contribution < -0.4 is 10.2 Å². The van der Waals surface area contributed by atoms with Crippen molar-refractivity contribution in [2.24, 2.45) is 0 Å². The van der Waals surface area contributed by atoms with Gasteiger partial charge in [0.05, 0.1) is 5.56 Å². The summed E-state index contributed by atoms with van der Waals surface area (Å²) in [4.78, 5) is 2.46. The topological polar surface area (TPSA) is 15.3 Å². The third-order valence-corrected chi connectivity index (χ3v) is 5.23. The molecule has 0 saturated carbocycles. The molecule has 0 bridgehead atoms. The van der Waals surface area contributed by atoms with E-state index in [9.17, 15) is 13.2 Å². The summed E-state index contributed by atoms with van der Waals surface area (Å²) in [5, 5.41) is 3.40. The molecule has 1 saturated heterocycles. The first-order chi connectivity index (χ1) is 12.9. The molecule has 0 unspecified atom stereocenters. The molecule has 0 atom stereocenters. The van der Waals surface area contributed by atoms with Crippen LogP contribution in [0.2, 0.25) is 0 Å². The van der Waals surface area contributed by atoms with Gasteiger partial charge in [-0.15, -0.1) is 0 Å². The second kappa shape index (κ2) is 8.79. The van der Waals surface area contributed by atoms with Crippen molar-refractivity contribution in [1.29, 1.82) is 0 Å². The zero-order valence-corrected chi connectivity index (χ0v) is 15.8. The van der Waals surface area contributed by atoms with Crippen LogP contribution >= 0.6 is 0 Å². The van der Waals surface area contributed by atoms with Crippen LogP contribution in [0, 0.1) is 6.92 Å². The number of nitrogens with one attached hydrogen (secondary N) is 1. The normalized spacial score (nSPS) is 15.2. The number of rotatable bonds is 6. The van der Waals surface area contributed by atoms with E-state index in [0.29, 0.717) is 6.42 Å². The highest BCUT2D eigenvalue weighted by Crippen LogP contribution is 2.29. The summed E-state index contributed by atoms with van der Waals surface area (Å²) in [7, 11) is 0. The Labute approximate surface area is 159 Å². The maximum absolute atomic E-state index is 12.6. The summed E-state index contributed by atoms with van der Waals surface area (Å²) in [5.41, 5.74) is 4.17. The molecule has 0 amide bonds. The van der Waals surface area contributed by atoms with E-state index < -0.39 is 11.7 Å². The van der Waals surface area contributed by atoms with E-state index in [1.54, 1.807) is 12.1 Å². The number of aryl methyl sites for hydroxylation is 1. The van der Waals surface area contributed by atoms with Gasteiger partial charge >= 0.3 is 6.18 Å². The number of benzene rings is 2. The van der Waals surface area contributed by atoms with Gasteiger partial charge in [-0.25, -0.2) is 0 Å². The minimum absolute atomic E-state index is 0.594. The molecular formula is C22H27F3N2. The van der Waals surface area contributed by atoms with Crippen molar-refractivity contribution in [3.8, 4) is 0 Å². The van der Waals surface area contributed by atoms with E-state index in [1.165, 1.54) is 36.1 Å². The predicted octanol–water partition coefficient (Wildman–Crippen LogP) is 5.34. The molecule has 3 rings (SSSR count). The van der Waals surface area contributed by atoms with Gasteiger partial charge in [-0.05, 0) is 80.1 Å². The monoisotopic (exact) mass is 376 g/mol. The highest BCUT2D eigenvalue weighted by molar-refractivity contribution is 5.51. The minimum atomic E-state index is -4.27. The van der Waals surface area contributed by atoms with Crippen LogP contribution in [0.25, 0.3) is 0 Å². The summed E-state index contributed by atoms with van der Waals surface area (Å²) in [6.45, 7) is 5.93. The summed E-state index contributed by atoms with van der Waals surface area (Å²) in [6.07, 6.45) is 0.312. The Bertz CT molecular complexity index is 732. The average Bonchev–Trinajstić information content (AvgIpc) is 2.66. The lowest BCUT2D eigenvalue weighted by molar-refractivity contribution is -0.137. The zero-order valence-electron chi connectivity index (χ0n) is 15.8. The van der Waals surface area contributed by atoms with Crippen molar-refractivity contribution in [2.45, 2.75) is 45.3 Å². The molecule has 1 fully saturated rings. The molecule has 1 aliphatic heterocycles. The molecule has 2 aromatic rings. The highest BCUT2D eigenvalue weighted by Gasteiger charge is 2.29. The van der Waals surface area contributed by atoms with E-state index in [-0.39, 0.29) is 0 Å². The van der Waals surface area contributed by atoms with Gasteiger partial charge in [0.1, 0.15) is 0 Å². The number of alkyl halides is 3. The number of hydrogen-bond acceptors (Lipinski definition) is 2. The molecule has 1 heterocycles. The number of nitrogens with zero attached hydrogens (tertiary/aromatic N) is 1.